The zero-order valence-electron chi connectivity index (χ0n) is 9.06. The third-order valence-electron chi connectivity index (χ3n) is 2.22. The van der Waals surface area contributed by atoms with Gasteiger partial charge < -0.3 is 5.11 Å². The lowest BCUT2D eigenvalue weighted by Gasteiger charge is -2.01. The van der Waals surface area contributed by atoms with Crippen molar-refractivity contribution in [3.05, 3.63) is 23.3 Å². The number of carboxylic acids is 1. The molecule has 0 aliphatic rings. The average molecular weight is 260 g/mol. The highest BCUT2D eigenvalue weighted by molar-refractivity contribution is 5.85. The Labute approximate surface area is 98.1 Å². The van der Waals surface area contributed by atoms with Crippen LogP contribution >= 0.6 is 0 Å². The quantitative estimate of drug-likeness (QED) is 0.882. The van der Waals surface area contributed by atoms with E-state index in [-0.39, 0.29) is 11.5 Å². The number of hydrogen-bond donors (Lipinski definition) is 1. The largest absolute Gasteiger partial charge is 0.477 e. The first-order valence-corrected chi connectivity index (χ1v) is 4.90. The third kappa shape index (κ3) is 1.98. The van der Waals surface area contributed by atoms with E-state index < -0.39 is 18.0 Å². The van der Waals surface area contributed by atoms with Crippen LogP contribution in [0.25, 0.3) is 5.78 Å². The van der Waals surface area contributed by atoms with Crippen molar-refractivity contribution in [1.82, 2.24) is 19.6 Å². The Bertz CT molecular complexity index is 620. The standard InChI is InChI=1S/C9H7F3N4O2/c1-2-4-3-5(6(17)18)13-8-14-7(9(10,11)12)15-16(4)8/h3H,2H2,1H3,(H,17,18). The highest BCUT2D eigenvalue weighted by Gasteiger charge is 2.36. The second-order valence-corrected chi connectivity index (χ2v) is 3.44. The van der Waals surface area contributed by atoms with Gasteiger partial charge in [0.25, 0.3) is 11.6 Å². The fourth-order valence-corrected chi connectivity index (χ4v) is 1.41. The molecule has 0 aromatic carbocycles. The molecule has 0 amide bonds. The van der Waals surface area contributed by atoms with E-state index in [4.69, 9.17) is 5.11 Å². The van der Waals surface area contributed by atoms with Crippen LogP contribution in [0.3, 0.4) is 0 Å². The van der Waals surface area contributed by atoms with Crippen LogP contribution in [0, 0.1) is 0 Å². The normalized spacial score (nSPS) is 12.0. The first-order valence-electron chi connectivity index (χ1n) is 4.90. The van der Waals surface area contributed by atoms with Gasteiger partial charge in [-0.3, -0.25) is 0 Å². The van der Waals surface area contributed by atoms with Gasteiger partial charge in [-0.05, 0) is 12.5 Å². The molecule has 0 aliphatic heterocycles. The van der Waals surface area contributed by atoms with Crippen molar-refractivity contribution < 1.29 is 23.1 Å². The number of aryl methyl sites for hydroxylation is 1. The minimum atomic E-state index is -4.69. The van der Waals surface area contributed by atoms with Crippen LogP contribution < -0.4 is 0 Å². The Morgan fingerprint density at radius 3 is 2.61 bits per heavy atom. The number of alkyl halides is 3. The molecule has 0 aliphatic carbocycles. The highest BCUT2D eigenvalue weighted by Crippen LogP contribution is 2.26. The molecule has 0 saturated heterocycles. The van der Waals surface area contributed by atoms with Crippen LogP contribution in [0.15, 0.2) is 6.07 Å². The molecule has 2 rings (SSSR count). The van der Waals surface area contributed by atoms with E-state index in [1.165, 1.54) is 6.07 Å². The first-order chi connectivity index (χ1) is 8.32. The topological polar surface area (TPSA) is 80.4 Å². The summed E-state index contributed by atoms with van der Waals surface area (Å²) in [6.07, 6.45) is -4.39. The summed E-state index contributed by atoms with van der Waals surface area (Å²) in [6, 6.07) is 1.17. The summed E-state index contributed by atoms with van der Waals surface area (Å²) in [5.41, 5.74) is -0.0686. The lowest BCUT2D eigenvalue weighted by Crippen LogP contribution is -2.09. The lowest BCUT2D eigenvalue weighted by molar-refractivity contribution is -0.144. The molecule has 2 heterocycles. The maximum Gasteiger partial charge on any atom is 0.453 e. The molecule has 0 fully saturated rings. The van der Waals surface area contributed by atoms with Crippen LogP contribution in [0.4, 0.5) is 13.2 Å². The van der Waals surface area contributed by atoms with E-state index in [0.29, 0.717) is 12.1 Å². The van der Waals surface area contributed by atoms with Gasteiger partial charge in [0.05, 0.1) is 0 Å². The monoisotopic (exact) mass is 260 g/mol. The van der Waals surface area contributed by atoms with Gasteiger partial charge in [0, 0.05) is 5.69 Å². The van der Waals surface area contributed by atoms with Crippen LogP contribution in [-0.4, -0.2) is 30.7 Å². The maximum atomic E-state index is 12.4. The van der Waals surface area contributed by atoms with E-state index in [1.807, 2.05) is 0 Å². The number of fused-ring (bicyclic) bond motifs is 1. The predicted octanol–water partition coefficient (Wildman–Crippen LogP) is 1.40. The minimum Gasteiger partial charge on any atom is -0.477 e. The van der Waals surface area contributed by atoms with Crippen molar-refractivity contribution in [2.75, 3.05) is 0 Å². The number of aromatic carboxylic acids is 1. The zero-order valence-corrected chi connectivity index (χ0v) is 9.06. The van der Waals surface area contributed by atoms with Crippen molar-refractivity contribution in [3.63, 3.8) is 0 Å². The summed E-state index contributed by atoms with van der Waals surface area (Å²) in [7, 11) is 0. The van der Waals surface area contributed by atoms with E-state index in [0.717, 1.165) is 4.52 Å². The summed E-state index contributed by atoms with van der Waals surface area (Å²) >= 11 is 0. The molecule has 1 N–H and O–H groups in total. The van der Waals surface area contributed by atoms with Gasteiger partial charge in [-0.25, -0.2) is 14.3 Å². The van der Waals surface area contributed by atoms with Crippen molar-refractivity contribution in [1.29, 1.82) is 0 Å². The smallest absolute Gasteiger partial charge is 0.453 e. The average Bonchev–Trinajstić information content (AvgIpc) is 2.70. The van der Waals surface area contributed by atoms with Gasteiger partial charge in [0.15, 0.2) is 5.69 Å². The molecule has 9 heteroatoms. The lowest BCUT2D eigenvalue weighted by atomic mass is 10.3. The van der Waals surface area contributed by atoms with Gasteiger partial charge >= 0.3 is 12.1 Å². The SMILES string of the molecule is CCc1cc(C(=O)O)nc2nc(C(F)(F)F)nn12. The number of nitrogens with zero attached hydrogens (tertiary/aromatic N) is 4. The molecule has 0 radical (unpaired) electrons. The molecule has 0 spiro atoms. The molecule has 18 heavy (non-hydrogen) atoms. The summed E-state index contributed by atoms with van der Waals surface area (Å²) in [5, 5.41) is 12.1. The predicted molar refractivity (Wildman–Crippen MR) is 52.1 cm³/mol. The molecule has 2 aromatic heterocycles. The Balaban J connectivity index is 2.71. The number of carboxylic acid groups (broad SMARTS) is 1. The van der Waals surface area contributed by atoms with Gasteiger partial charge in [-0.2, -0.15) is 18.2 Å². The zero-order chi connectivity index (χ0) is 13.5. The van der Waals surface area contributed by atoms with E-state index >= 15 is 0 Å². The molecular formula is C9H7F3N4O2. The van der Waals surface area contributed by atoms with Crippen LogP contribution in [0.2, 0.25) is 0 Å². The van der Waals surface area contributed by atoms with Crippen molar-refractivity contribution in [2.45, 2.75) is 19.5 Å². The summed E-state index contributed by atoms with van der Waals surface area (Å²) < 4.78 is 38.2. The van der Waals surface area contributed by atoms with Crippen LogP contribution in [-0.2, 0) is 12.6 Å². The van der Waals surface area contributed by atoms with Crippen molar-refractivity contribution in [2.24, 2.45) is 0 Å². The number of aromatic nitrogens is 4. The van der Waals surface area contributed by atoms with Crippen LogP contribution in [0.1, 0.15) is 28.9 Å². The Kier molecular flexibility index (Phi) is 2.68. The molecule has 96 valence electrons. The van der Waals surface area contributed by atoms with Crippen molar-refractivity contribution >= 4 is 11.7 Å². The maximum absolute atomic E-state index is 12.4. The number of halogens is 3. The van der Waals surface area contributed by atoms with Gasteiger partial charge in [-0.1, -0.05) is 6.92 Å². The van der Waals surface area contributed by atoms with E-state index in [1.54, 1.807) is 6.92 Å². The van der Waals surface area contributed by atoms with E-state index in [2.05, 4.69) is 15.1 Å². The highest BCUT2D eigenvalue weighted by atomic mass is 19.4. The Hall–Kier alpha value is -2.19. The van der Waals surface area contributed by atoms with Gasteiger partial charge in [-0.15, -0.1) is 5.10 Å². The second-order valence-electron chi connectivity index (χ2n) is 3.44. The molecular weight excluding hydrogens is 253 g/mol. The van der Waals surface area contributed by atoms with Crippen molar-refractivity contribution in [3.8, 4) is 0 Å². The molecule has 6 nitrogen and oxygen atoms in total. The summed E-state index contributed by atoms with van der Waals surface area (Å²) in [6.45, 7) is 1.66. The fourth-order valence-electron chi connectivity index (χ4n) is 1.41. The fraction of sp³-hybridized carbons (Fsp3) is 0.333. The second kappa shape index (κ2) is 3.93. The molecule has 0 bridgehead atoms. The molecule has 0 unspecified atom stereocenters. The van der Waals surface area contributed by atoms with E-state index in [9.17, 15) is 18.0 Å². The molecule has 2 aromatic rings. The third-order valence-corrected chi connectivity index (χ3v) is 2.22. The van der Waals surface area contributed by atoms with Crippen LogP contribution in [0.5, 0.6) is 0 Å². The van der Waals surface area contributed by atoms with Gasteiger partial charge in [0.1, 0.15) is 0 Å². The minimum absolute atomic E-state index is 0.292. The molecule has 0 saturated carbocycles. The summed E-state index contributed by atoms with van der Waals surface area (Å²) in [4.78, 5) is 17.5. The van der Waals surface area contributed by atoms with Gasteiger partial charge in [0.2, 0.25) is 0 Å². The number of rotatable bonds is 2. The Morgan fingerprint density at radius 1 is 1.44 bits per heavy atom. The number of carbonyl (C=O) groups is 1. The first kappa shape index (κ1) is 12.3. The Morgan fingerprint density at radius 2 is 2.11 bits per heavy atom. The number of hydrogen-bond acceptors (Lipinski definition) is 4. The summed E-state index contributed by atoms with van der Waals surface area (Å²) in [5.74, 6) is -3.05. The molecule has 0 atom stereocenters.